The van der Waals surface area contributed by atoms with E-state index in [4.69, 9.17) is 37.0 Å². The number of aliphatic hydroxyl groups excluding tert-OH is 1. The van der Waals surface area contributed by atoms with Crippen LogP contribution < -0.4 is 0 Å². The Bertz CT molecular complexity index is 1960. The van der Waals surface area contributed by atoms with Crippen molar-refractivity contribution in [1.29, 1.82) is 0 Å². The summed E-state index contributed by atoms with van der Waals surface area (Å²) in [5.41, 5.74) is 0. The predicted octanol–water partition coefficient (Wildman–Crippen LogP) is 24.5. The lowest BCUT2D eigenvalue weighted by Gasteiger charge is -2.21. The molecule has 0 amide bonds. The van der Waals surface area contributed by atoms with Crippen LogP contribution in [0, 0.1) is 17.8 Å². The standard InChI is InChI=1S/C82H160O17P2/c1-8-9-10-11-12-13-14-23-31-36-43-51-58-65-81(86)99-78(70-93-80(85)64-57-50-45-38-41-48-55-62-75(6)7)72-97-101(90,91)95-68-76(83)67-94-100(88,89)96-71-77(98-82(87)66-59-52-44-37-32-27-22-18-16-20-25-29-34-40-47-54-61-74(4)5)69-92-79(84)63-56-49-42-35-30-26-21-17-15-19-24-28-33-39-46-53-60-73(2)3/h73-78,83H,8-72H2,1-7H3,(H,88,89)(H,90,91)/t76-,77-,78-/m1/s1. The van der Waals surface area contributed by atoms with Crippen LogP contribution in [-0.2, 0) is 65.4 Å². The topological polar surface area (TPSA) is 237 Å². The molecule has 17 nitrogen and oxygen atoms in total. The summed E-state index contributed by atoms with van der Waals surface area (Å²) in [7, 11) is -9.92. The minimum absolute atomic E-state index is 0.107. The zero-order chi connectivity index (χ0) is 74.4. The Morgan fingerprint density at radius 3 is 0.673 bits per heavy atom. The van der Waals surface area contributed by atoms with Crippen LogP contribution in [0.3, 0.4) is 0 Å². The fourth-order valence-electron chi connectivity index (χ4n) is 12.7. The molecule has 0 bridgehead atoms. The highest BCUT2D eigenvalue weighted by molar-refractivity contribution is 7.47. The molecule has 0 saturated heterocycles. The van der Waals surface area contributed by atoms with Gasteiger partial charge in [-0.15, -0.1) is 0 Å². The average Bonchev–Trinajstić information content (AvgIpc) is 0.924. The van der Waals surface area contributed by atoms with Gasteiger partial charge < -0.3 is 33.8 Å². The lowest BCUT2D eigenvalue weighted by atomic mass is 10.0. The van der Waals surface area contributed by atoms with E-state index in [0.29, 0.717) is 31.6 Å². The lowest BCUT2D eigenvalue weighted by molar-refractivity contribution is -0.161. The summed E-state index contributed by atoms with van der Waals surface area (Å²) >= 11 is 0. The SMILES string of the molecule is CCCCCCCCCCCCCCCC(=O)O[C@H](COC(=O)CCCCCCCCCC(C)C)COP(=O)(O)OC[C@H](O)COP(=O)(O)OC[C@@H](COC(=O)CCCCCCCCCCCCCCCCCCC(C)C)OC(=O)CCCCCCCCCCCCCCCCCCC(C)C. The molecule has 0 aromatic rings. The van der Waals surface area contributed by atoms with E-state index >= 15 is 0 Å². The first-order valence-corrected chi connectivity index (χ1v) is 45.3. The zero-order valence-corrected chi connectivity index (χ0v) is 68.2. The van der Waals surface area contributed by atoms with E-state index in [0.717, 1.165) is 108 Å². The van der Waals surface area contributed by atoms with Gasteiger partial charge in [0.1, 0.15) is 19.3 Å². The summed E-state index contributed by atoms with van der Waals surface area (Å²) in [5, 5.41) is 10.6. The largest absolute Gasteiger partial charge is 0.472 e. The second-order valence-corrected chi connectivity index (χ2v) is 33.8. The maximum Gasteiger partial charge on any atom is 0.472 e. The summed E-state index contributed by atoms with van der Waals surface area (Å²) in [6, 6.07) is 0. The van der Waals surface area contributed by atoms with E-state index in [9.17, 15) is 43.2 Å². The van der Waals surface area contributed by atoms with Crippen LogP contribution >= 0.6 is 15.6 Å². The molecule has 0 radical (unpaired) electrons. The van der Waals surface area contributed by atoms with E-state index in [2.05, 4.69) is 48.5 Å². The first-order chi connectivity index (χ1) is 48.7. The molecule has 0 aliphatic rings. The highest BCUT2D eigenvalue weighted by Gasteiger charge is 2.30. The summed E-state index contributed by atoms with van der Waals surface area (Å²) in [5.74, 6) is 0.217. The van der Waals surface area contributed by atoms with E-state index in [1.54, 1.807) is 0 Å². The lowest BCUT2D eigenvalue weighted by Crippen LogP contribution is -2.30. The van der Waals surface area contributed by atoms with E-state index in [1.165, 1.54) is 231 Å². The fraction of sp³-hybridized carbons (Fsp3) is 0.951. The molecular weight excluding hydrogens is 1320 g/mol. The number of ether oxygens (including phenoxy) is 4. The van der Waals surface area contributed by atoms with Gasteiger partial charge in [0, 0.05) is 25.7 Å². The summed E-state index contributed by atoms with van der Waals surface area (Å²) < 4.78 is 68.7. The second-order valence-electron chi connectivity index (χ2n) is 30.9. The number of aliphatic hydroxyl groups is 1. The van der Waals surface area contributed by atoms with Crippen molar-refractivity contribution in [2.24, 2.45) is 17.8 Å². The summed E-state index contributed by atoms with van der Waals surface area (Å²) in [4.78, 5) is 73.0. The van der Waals surface area contributed by atoms with Gasteiger partial charge in [-0.2, -0.15) is 0 Å². The molecule has 0 fully saturated rings. The van der Waals surface area contributed by atoms with Crippen molar-refractivity contribution in [1.82, 2.24) is 0 Å². The molecule has 0 saturated carbocycles. The van der Waals surface area contributed by atoms with Gasteiger partial charge in [-0.1, -0.05) is 376 Å². The maximum atomic E-state index is 13.1. The Kier molecular flexibility index (Phi) is 70.9. The van der Waals surface area contributed by atoms with Gasteiger partial charge in [-0.05, 0) is 43.4 Å². The van der Waals surface area contributed by atoms with Crippen molar-refractivity contribution in [3.8, 4) is 0 Å². The van der Waals surface area contributed by atoms with Crippen molar-refractivity contribution in [3.63, 3.8) is 0 Å². The third kappa shape index (κ3) is 76.1. The normalized spacial score (nSPS) is 14.0. The van der Waals surface area contributed by atoms with Crippen LogP contribution in [-0.4, -0.2) is 96.7 Å². The van der Waals surface area contributed by atoms with E-state index in [-0.39, 0.29) is 25.7 Å². The number of hydrogen-bond acceptors (Lipinski definition) is 15. The van der Waals surface area contributed by atoms with Gasteiger partial charge >= 0.3 is 39.5 Å². The van der Waals surface area contributed by atoms with Crippen molar-refractivity contribution >= 4 is 39.5 Å². The molecule has 0 spiro atoms. The molecule has 0 aromatic heterocycles. The monoisotopic (exact) mass is 1480 g/mol. The van der Waals surface area contributed by atoms with Gasteiger partial charge in [0.05, 0.1) is 26.4 Å². The number of phosphoric acid groups is 2. The number of carbonyl (C=O) groups is 4. The molecule has 0 aromatic carbocycles. The molecular formula is C82H160O17P2. The Morgan fingerprint density at radius 2 is 0.455 bits per heavy atom. The van der Waals surface area contributed by atoms with Crippen molar-refractivity contribution in [3.05, 3.63) is 0 Å². The third-order valence-electron chi connectivity index (χ3n) is 19.1. The van der Waals surface area contributed by atoms with Gasteiger partial charge in [-0.25, -0.2) is 9.13 Å². The minimum atomic E-state index is -4.96. The van der Waals surface area contributed by atoms with Crippen molar-refractivity contribution in [2.75, 3.05) is 39.6 Å². The third-order valence-corrected chi connectivity index (χ3v) is 21.0. The van der Waals surface area contributed by atoms with Crippen LogP contribution in [0.5, 0.6) is 0 Å². The molecule has 101 heavy (non-hydrogen) atoms. The number of phosphoric ester groups is 2. The zero-order valence-electron chi connectivity index (χ0n) is 66.4. The van der Waals surface area contributed by atoms with Crippen molar-refractivity contribution in [2.45, 2.75) is 446 Å². The van der Waals surface area contributed by atoms with Crippen LogP contribution in [0.4, 0.5) is 0 Å². The van der Waals surface area contributed by atoms with E-state index < -0.39 is 97.5 Å². The number of hydrogen-bond donors (Lipinski definition) is 3. The fourth-order valence-corrected chi connectivity index (χ4v) is 14.2. The summed E-state index contributed by atoms with van der Waals surface area (Å²) in [6.45, 7) is 12.0. The Balaban J connectivity index is 5.23. The van der Waals surface area contributed by atoms with E-state index in [1.807, 2.05) is 0 Å². The van der Waals surface area contributed by atoms with Crippen LogP contribution in [0.25, 0.3) is 0 Å². The van der Waals surface area contributed by atoms with Gasteiger partial charge in [0.15, 0.2) is 12.2 Å². The molecule has 0 rings (SSSR count). The number of esters is 4. The number of carbonyl (C=O) groups excluding carboxylic acids is 4. The number of unbranched alkanes of at least 4 members (excludes halogenated alkanes) is 48. The molecule has 0 heterocycles. The molecule has 5 atom stereocenters. The highest BCUT2D eigenvalue weighted by Crippen LogP contribution is 2.45. The molecule has 19 heteroatoms. The molecule has 3 N–H and O–H groups in total. The minimum Gasteiger partial charge on any atom is -0.462 e. The molecule has 600 valence electrons. The number of rotatable bonds is 80. The quantitative estimate of drug-likeness (QED) is 0.0222. The molecule has 0 aliphatic heterocycles. The highest BCUT2D eigenvalue weighted by atomic mass is 31.2. The Hall–Kier alpha value is -1.94. The van der Waals surface area contributed by atoms with Crippen LogP contribution in [0.2, 0.25) is 0 Å². The first kappa shape index (κ1) is 99.1. The van der Waals surface area contributed by atoms with Gasteiger partial charge in [-0.3, -0.25) is 37.3 Å². The van der Waals surface area contributed by atoms with Crippen molar-refractivity contribution < 1.29 is 80.2 Å². The van der Waals surface area contributed by atoms with Crippen LogP contribution in [0.15, 0.2) is 0 Å². The molecule has 0 aliphatic carbocycles. The summed E-state index contributed by atoms with van der Waals surface area (Å²) in [6.07, 6.45) is 61.1. The van der Waals surface area contributed by atoms with Gasteiger partial charge in [0.25, 0.3) is 0 Å². The first-order valence-electron chi connectivity index (χ1n) is 42.3. The smallest absolute Gasteiger partial charge is 0.462 e. The van der Waals surface area contributed by atoms with Gasteiger partial charge in [0.2, 0.25) is 0 Å². The maximum absolute atomic E-state index is 13.1. The van der Waals surface area contributed by atoms with Crippen LogP contribution in [0.1, 0.15) is 427 Å². The Labute approximate surface area is 619 Å². The average molecular weight is 1480 g/mol. The Morgan fingerprint density at radius 1 is 0.267 bits per heavy atom. The second kappa shape index (κ2) is 72.3. The molecule has 2 unspecified atom stereocenters. The predicted molar refractivity (Wildman–Crippen MR) is 414 cm³/mol.